The second kappa shape index (κ2) is 6.00. The van der Waals surface area contributed by atoms with E-state index in [0.29, 0.717) is 5.92 Å². The molecular formula is C16H21NOS. The fourth-order valence-corrected chi connectivity index (χ4v) is 3.73. The van der Waals surface area contributed by atoms with Crippen LogP contribution in [0.2, 0.25) is 0 Å². The first-order valence-electron chi connectivity index (χ1n) is 7.35. The molecule has 0 unspecified atom stereocenters. The molecule has 1 heterocycles. The molecule has 0 bridgehead atoms. The van der Waals surface area contributed by atoms with Gasteiger partial charge in [-0.15, -0.1) is 11.8 Å². The van der Waals surface area contributed by atoms with Crippen LogP contribution in [0, 0.1) is 5.92 Å². The lowest BCUT2D eigenvalue weighted by Gasteiger charge is -2.24. The second-order valence-corrected chi connectivity index (χ2v) is 6.70. The molecule has 1 amide bonds. The normalized spacial score (nSPS) is 18.5. The molecule has 1 aliphatic carbocycles. The van der Waals surface area contributed by atoms with Crippen LogP contribution in [0.3, 0.4) is 0 Å². The minimum atomic E-state index is 0.264. The van der Waals surface area contributed by atoms with Crippen LogP contribution in [0.15, 0.2) is 23.1 Å². The van der Waals surface area contributed by atoms with Gasteiger partial charge in [0.2, 0.25) is 5.91 Å². The summed E-state index contributed by atoms with van der Waals surface area (Å²) in [6.45, 7) is 0.779. The SMILES string of the molecule is O=C(NCCc1ccc2c(c1)CCCS2)C1CCC1. The number of aryl methyl sites for hydroxylation is 1. The Bertz CT molecular complexity index is 468. The second-order valence-electron chi connectivity index (χ2n) is 5.56. The van der Waals surface area contributed by atoms with Gasteiger partial charge in [0.25, 0.3) is 0 Å². The third-order valence-corrected chi connectivity index (χ3v) is 5.36. The van der Waals surface area contributed by atoms with Gasteiger partial charge in [-0.25, -0.2) is 0 Å². The molecule has 1 N–H and O–H groups in total. The smallest absolute Gasteiger partial charge is 0.223 e. The lowest BCUT2D eigenvalue weighted by molar-refractivity contribution is -0.127. The van der Waals surface area contributed by atoms with E-state index in [-0.39, 0.29) is 5.91 Å². The molecular weight excluding hydrogens is 254 g/mol. The highest BCUT2D eigenvalue weighted by Gasteiger charge is 2.24. The Labute approximate surface area is 119 Å². The maximum Gasteiger partial charge on any atom is 0.223 e. The van der Waals surface area contributed by atoms with Crippen molar-refractivity contribution in [2.75, 3.05) is 12.3 Å². The first-order valence-corrected chi connectivity index (χ1v) is 8.34. The summed E-state index contributed by atoms with van der Waals surface area (Å²) >= 11 is 1.97. The molecule has 1 fully saturated rings. The highest BCUT2D eigenvalue weighted by atomic mass is 32.2. The lowest BCUT2D eigenvalue weighted by atomic mass is 9.85. The van der Waals surface area contributed by atoms with Gasteiger partial charge in [-0.05, 0) is 55.1 Å². The van der Waals surface area contributed by atoms with Crippen LogP contribution in [0.5, 0.6) is 0 Å². The van der Waals surface area contributed by atoms with Crippen LogP contribution in [0.1, 0.15) is 36.8 Å². The molecule has 0 aromatic heterocycles. The third-order valence-electron chi connectivity index (χ3n) is 4.16. The van der Waals surface area contributed by atoms with Gasteiger partial charge in [-0.2, -0.15) is 0 Å². The van der Waals surface area contributed by atoms with Crippen molar-refractivity contribution in [1.29, 1.82) is 0 Å². The summed E-state index contributed by atoms with van der Waals surface area (Å²) in [6, 6.07) is 6.80. The molecule has 3 heteroatoms. The molecule has 0 radical (unpaired) electrons. The van der Waals surface area contributed by atoms with Crippen molar-refractivity contribution in [3.63, 3.8) is 0 Å². The number of benzene rings is 1. The Hall–Kier alpha value is -0.960. The molecule has 1 aromatic carbocycles. The lowest BCUT2D eigenvalue weighted by Crippen LogP contribution is -2.35. The fourth-order valence-electron chi connectivity index (χ4n) is 2.71. The summed E-state index contributed by atoms with van der Waals surface area (Å²) < 4.78 is 0. The molecule has 19 heavy (non-hydrogen) atoms. The van der Waals surface area contributed by atoms with Crippen LogP contribution < -0.4 is 5.32 Å². The van der Waals surface area contributed by atoms with Crippen molar-refractivity contribution in [2.24, 2.45) is 5.92 Å². The number of hydrogen-bond donors (Lipinski definition) is 1. The Morgan fingerprint density at radius 1 is 1.32 bits per heavy atom. The van der Waals surface area contributed by atoms with Gasteiger partial charge in [-0.3, -0.25) is 4.79 Å². The molecule has 2 aliphatic rings. The minimum Gasteiger partial charge on any atom is -0.356 e. The van der Waals surface area contributed by atoms with Crippen molar-refractivity contribution in [3.05, 3.63) is 29.3 Å². The zero-order valence-corrected chi connectivity index (χ0v) is 12.1. The number of thioether (sulfide) groups is 1. The summed E-state index contributed by atoms with van der Waals surface area (Å²) in [4.78, 5) is 13.2. The number of hydrogen-bond acceptors (Lipinski definition) is 2. The van der Waals surface area contributed by atoms with Gasteiger partial charge in [0.05, 0.1) is 0 Å². The Balaban J connectivity index is 1.50. The first-order chi connectivity index (χ1) is 9.33. The quantitative estimate of drug-likeness (QED) is 0.914. The zero-order chi connectivity index (χ0) is 13.1. The van der Waals surface area contributed by atoms with E-state index in [2.05, 4.69) is 23.5 Å². The number of fused-ring (bicyclic) bond motifs is 1. The molecule has 2 nitrogen and oxygen atoms in total. The number of nitrogens with one attached hydrogen (secondary N) is 1. The van der Waals surface area contributed by atoms with Gasteiger partial charge < -0.3 is 5.32 Å². The topological polar surface area (TPSA) is 29.1 Å². The summed E-state index contributed by atoms with van der Waals surface area (Å²) in [5.41, 5.74) is 2.86. The summed E-state index contributed by atoms with van der Waals surface area (Å²) in [6.07, 6.45) is 6.85. The van der Waals surface area contributed by atoms with E-state index in [4.69, 9.17) is 0 Å². The third kappa shape index (κ3) is 3.14. The molecule has 1 saturated carbocycles. The van der Waals surface area contributed by atoms with E-state index in [9.17, 15) is 4.79 Å². The standard InChI is InChI=1S/C16H21NOS/c18-16(13-3-1-4-13)17-9-8-12-6-7-15-14(11-12)5-2-10-19-15/h6-7,11,13H,1-5,8-10H2,(H,17,18). The number of carbonyl (C=O) groups excluding carboxylic acids is 1. The van der Waals surface area contributed by atoms with E-state index in [1.165, 1.54) is 41.0 Å². The molecule has 1 aliphatic heterocycles. The van der Waals surface area contributed by atoms with E-state index in [0.717, 1.165) is 25.8 Å². The zero-order valence-electron chi connectivity index (χ0n) is 11.3. The number of rotatable bonds is 4. The van der Waals surface area contributed by atoms with Crippen LogP contribution in [-0.4, -0.2) is 18.2 Å². The molecule has 0 saturated heterocycles. The first kappa shape index (κ1) is 13.0. The van der Waals surface area contributed by atoms with Gasteiger partial charge in [-0.1, -0.05) is 18.6 Å². The largest absolute Gasteiger partial charge is 0.356 e. The van der Waals surface area contributed by atoms with Crippen LogP contribution in [-0.2, 0) is 17.6 Å². The maximum absolute atomic E-state index is 11.7. The van der Waals surface area contributed by atoms with Crippen molar-refractivity contribution in [2.45, 2.75) is 43.4 Å². The van der Waals surface area contributed by atoms with Gasteiger partial charge in [0.15, 0.2) is 0 Å². The summed E-state index contributed by atoms with van der Waals surface area (Å²) in [5.74, 6) is 1.82. The molecule has 102 valence electrons. The van der Waals surface area contributed by atoms with E-state index in [1.54, 1.807) is 0 Å². The highest BCUT2D eigenvalue weighted by Crippen LogP contribution is 2.30. The summed E-state index contributed by atoms with van der Waals surface area (Å²) in [5, 5.41) is 3.07. The Kier molecular flexibility index (Phi) is 4.12. The molecule has 0 spiro atoms. The predicted molar refractivity (Wildman–Crippen MR) is 79.5 cm³/mol. The number of carbonyl (C=O) groups is 1. The van der Waals surface area contributed by atoms with E-state index < -0.39 is 0 Å². The van der Waals surface area contributed by atoms with E-state index in [1.807, 2.05) is 11.8 Å². The van der Waals surface area contributed by atoms with Crippen molar-refractivity contribution in [3.8, 4) is 0 Å². The van der Waals surface area contributed by atoms with Gasteiger partial charge in [0, 0.05) is 17.4 Å². The van der Waals surface area contributed by atoms with Gasteiger partial charge in [0.1, 0.15) is 0 Å². The number of amides is 1. The molecule has 3 rings (SSSR count). The van der Waals surface area contributed by atoms with Crippen LogP contribution >= 0.6 is 11.8 Å². The van der Waals surface area contributed by atoms with E-state index >= 15 is 0 Å². The Morgan fingerprint density at radius 3 is 3.00 bits per heavy atom. The Morgan fingerprint density at radius 2 is 2.21 bits per heavy atom. The van der Waals surface area contributed by atoms with Crippen molar-refractivity contribution < 1.29 is 4.79 Å². The average molecular weight is 275 g/mol. The average Bonchev–Trinajstić information content (AvgIpc) is 2.36. The van der Waals surface area contributed by atoms with Crippen LogP contribution in [0.4, 0.5) is 0 Å². The molecule has 0 atom stereocenters. The van der Waals surface area contributed by atoms with Crippen molar-refractivity contribution >= 4 is 17.7 Å². The minimum absolute atomic E-state index is 0.264. The van der Waals surface area contributed by atoms with Gasteiger partial charge >= 0.3 is 0 Å². The predicted octanol–water partition coefficient (Wildman–Crippen LogP) is 3.18. The van der Waals surface area contributed by atoms with Crippen molar-refractivity contribution in [1.82, 2.24) is 5.32 Å². The maximum atomic E-state index is 11.7. The molecule has 1 aromatic rings. The van der Waals surface area contributed by atoms with Crippen LogP contribution in [0.25, 0.3) is 0 Å². The monoisotopic (exact) mass is 275 g/mol. The highest BCUT2D eigenvalue weighted by molar-refractivity contribution is 7.99. The summed E-state index contributed by atoms with van der Waals surface area (Å²) in [7, 11) is 0. The fraction of sp³-hybridized carbons (Fsp3) is 0.562.